The van der Waals surface area contributed by atoms with Crippen LogP contribution in [0, 0.1) is 5.92 Å². The Labute approximate surface area is 163 Å². The standard InChI is InChI=1S/C17H29N5O4S/c1-4-10(2)14(22-15(23)12(18)5-6-27-3)16(24)21-13(17(25)26)7-11-8-19-9-20-11/h8-10,12-14H,4-7,18H2,1-3H3,(H,19,20)(H,21,24)(H,22,23)(H,25,26). The van der Waals surface area contributed by atoms with E-state index in [2.05, 4.69) is 20.6 Å². The molecule has 1 heterocycles. The van der Waals surface area contributed by atoms with Gasteiger partial charge in [-0.3, -0.25) is 9.59 Å². The summed E-state index contributed by atoms with van der Waals surface area (Å²) in [5.41, 5.74) is 6.46. The number of imidazole rings is 1. The molecule has 6 N–H and O–H groups in total. The number of carboxylic acids is 1. The summed E-state index contributed by atoms with van der Waals surface area (Å²) in [7, 11) is 0. The molecule has 4 atom stereocenters. The lowest BCUT2D eigenvalue weighted by atomic mass is 9.97. The molecule has 0 saturated carbocycles. The molecule has 0 spiro atoms. The van der Waals surface area contributed by atoms with E-state index in [0.717, 1.165) is 5.75 Å². The van der Waals surface area contributed by atoms with Crippen molar-refractivity contribution < 1.29 is 19.5 Å². The third-order valence-electron chi connectivity index (χ3n) is 4.36. The van der Waals surface area contributed by atoms with Crippen LogP contribution in [0.15, 0.2) is 12.5 Å². The number of nitrogens with two attached hydrogens (primary N) is 1. The van der Waals surface area contributed by atoms with Crippen molar-refractivity contribution in [3.8, 4) is 0 Å². The number of aromatic amines is 1. The fraction of sp³-hybridized carbons (Fsp3) is 0.647. The maximum atomic E-state index is 12.7. The number of amides is 2. The summed E-state index contributed by atoms with van der Waals surface area (Å²) in [5.74, 6) is -1.56. The molecule has 0 bridgehead atoms. The van der Waals surface area contributed by atoms with Crippen LogP contribution in [0.25, 0.3) is 0 Å². The number of aromatic nitrogens is 2. The number of carbonyl (C=O) groups is 3. The van der Waals surface area contributed by atoms with Gasteiger partial charge >= 0.3 is 5.97 Å². The number of H-pyrrole nitrogens is 1. The highest BCUT2D eigenvalue weighted by atomic mass is 32.2. The van der Waals surface area contributed by atoms with Crippen molar-refractivity contribution in [3.63, 3.8) is 0 Å². The number of hydrogen-bond acceptors (Lipinski definition) is 6. The first-order chi connectivity index (χ1) is 12.8. The van der Waals surface area contributed by atoms with Gasteiger partial charge < -0.3 is 26.5 Å². The van der Waals surface area contributed by atoms with Gasteiger partial charge in [-0.1, -0.05) is 20.3 Å². The van der Waals surface area contributed by atoms with Gasteiger partial charge in [-0.05, 0) is 24.3 Å². The predicted octanol–water partition coefficient (Wildman–Crippen LogP) is 0.133. The van der Waals surface area contributed by atoms with Crippen molar-refractivity contribution in [1.82, 2.24) is 20.6 Å². The highest BCUT2D eigenvalue weighted by Gasteiger charge is 2.31. The van der Waals surface area contributed by atoms with Crippen molar-refractivity contribution in [2.24, 2.45) is 11.7 Å². The number of aliphatic carboxylic acids is 1. The van der Waals surface area contributed by atoms with Crippen LogP contribution in [0.4, 0.5) is 0 Å². The first-order valence-corrected chi connectivity index (χ1v) is 10.2. The van der Waals surface area contributed by atoms with Crippen LogP contribution in [0.2, 0.25) is 0 Å². The monoisotopic (exact) mass is 399 g/mol. The first-order valence-electron chi connectivity index (χ1n) is 8.85. The van der Waals surface area contributed by atoms with E-state index in [-0.39, 0.29) is 12.3 Å². The summed E-state index contributed by atoms with van der Waals surface area (Å²) in [6.07, 6.45) is 6.06. The van der Waals surface area contributed by atoms with Crippen molar-refractivity contribution in [3.05, 3.63) is 18.2 Å². The number of carbonyl (C=O) groups excluding carboxylic acids is 2. The van der Waals surface area contributed by atoms with E-state index in [0.29, 0.717) is 18.5 Å². The summed E-state index contributed by atoms with van der Waals surface area (Å²) in [6.45, 7) is 3.71. The summed E-state index contributed by atoms with van der Waals surface area (Å²) in [6, 6.07) is -2.70. The highest BCUT2D eigenvalue weighted by Crippen LogP contribution is 2.10. The molecule has 1 rings (SSSR count). The molecule has 152 valence electrons. The van der Waals surface area contributed by atoms with E-state index in [1.54, 1.807) is 11.8 Å². The van der Waals surface area contributed by atoms with Crippen molar-refractivity contribution in [2.75, 3.05) is 12.0 Å². The molecule has 10 heteroatoms. The van der Waals surface area contributed by atoms with Crippen molar-refractivity contribution in [2.45, 2.75) is 51.2 Å². The summed E-state index contributed by atoms with van der Waals surface area (Å²) >= 11 is 1.58. The van der Waals surface area contributed by atoms with Gasteiger partial charge in [0.05, 0.1) is 12.4 Å². The third kappa shape index (κ3) is 7.59. The van der Waals surface area contributed by atoms with E-state index < -0.39 is 35.9 Å². The Morgan fingerprint density at radius 2 is 2.04 bits per heavy atom. The Kier molecular flexibility index (Phi) is 9.87. The summed E-state index contributed by atoms with van der Waals surface area (Å²) in [4.78, 5) is 43.2. The van der Waals surface area contributed by atoms with Crippen LogP contribution in [0.1, 0.15) is 32.4 Å². The Hall–Kier alpha value is -2.07. The van der Waals surface area contributed by atoms with Gasteiger partial charge in [-0.2, -0.15) is 11.8 Å². The lowest BCUT2D eigenvalue weighted by Gasteiger charge is -2.26. The minimum Gasteiger partial charge on any atom is -0.480 e. The summed E-state index contributed by atoms with van der Waals surface area (Å²) < 4.78 is 0. The molecule has 0 aromatic carbocycles. The van der Waals surface area contributed by atoms with E-state index >= 15 is 0 Å². The van der Waals surface area contributed by atoms with E-state index in [9.17, 15) is 19.5 Å². The second-order valence-electron chi connectivity index (χ2n) is 6.44. The largest absolute Gasteiger partial charge is 0.480 e. The lowest BCUT2D eigenvalue weighted by Crippen LogP contribution is -2.57. The van der Waals surface area contributed by atoms with Gasteiger partial charge in [0.2, 0.25) is 11.8 Å². The number of carboxylic acid groups (broad SMARTS) is 1. The van der Waals surface area contributed by atoms with Crippen LogP contribution in [0.5, 0.6) is 0 Å². The Balaban J connectivity index is 2.80. The van der Waals surface area contributed by atoms with Crippen LogP contribution in [-0.2, 0) is 20.8 Å². The van der Waals surface area contributed by atoms with E-state index in [1.165, 1.54) is 12.5 Å². The molecule has 0 radical (unpaired) electrons. The number of nitrogens with zero attached hydrogens (tertiary/aromatic N) is 1. The van der Waals surface area contributed by atoms with Gasteiger partial charge in [0, 0.05) is 18.3 Å². The zero-order valence-electron chi connectivity index (χ0n) is 15.9. The fourth-order valence-electron chi connectivity index (χ4n) is 2.42. The third-order valence-corrected chi connectivity index (χ3v) is 5.00. The predicted molar refractivity (Wildman–Crippen MR) is 104 cm³/mol. The SMILES string of the molecule is CCC(C)C(NC(=O)C(N)CCSC)C(=O)NC(Cc1cnc[nH]1)C(=O)O. The number of nitrogens with one attached hydrogen (secondary N) is 3. The van der Waals surface area contributed by atoms with Gasteiger partial charge in [-0.15, -0.1) is 0 Å². The van der Waals surface area contributed by atoms with Crippen molar-refractivity contribution in [1.29, 1.82) is 0 Å². The molecule has 0 saturated heterocycles. The average Bonchev–Trinajstić information content (AvgIpc) is 3.15. The number of hydrogen-bond donors (Lipinski definition) is 5. The van der Waals surface area contributed by atoms with Gasteiger partial charge in [0.15, 0.2) is 0 Å². The zero-order chi connectivity index (χ0) is 20.4. The van der Waals surface area contributed by atoms with Crippen LogP contribution >= 0.6 is 11.8 Å². The molecular weight excluding hydrogens is 370 g/mol. The van der Waals surface area contributed by atoms with Gasteiger partial charge in [-0.25, -0.2) is 9.78 Å². The van der Waals surface area contributed by atoms with Crippen LogP contribution in [-0.4, -0.2) is 63.0 Å². The molecule has 4 unspecified atom stereocenters. The fourth-order valence-corrected chi connectivity index (χ4v) is 2.91. The molecule has 2 amide bonds. The lowest BCUT2D eigenvalue weighted by molar-refractivity contribution is -0.142. The minimum atomic E-state index is -1.16. The number of thioether (sulfide) groups is 1. The van der Waals surface area contributed by atoms with Gasteiger partial charge in [0.1, 0.15) is 12.1 Å². The van der Waals surface area contributed by atoms with Gasteiger partial charge in [0.25, 0.3) is 0 Å². The molecule has 1 aromatic heterocycles. The van der Waals surface area contributed by atoms with Crippen LogP contribution in [0.3, 0.4) is 0 Å². The molecule has 9 nitrogen and oxygen atoms in total. The maximum Gasteiger partial charge on any atom is 0.326 e. The normalized spacial score (nSPS) is 15.4. The first kappa shape index (κ1) is 23.0. The van der Waals surface area contributed by atoms with E-state index in [1.807, 2.05) is 20.1 Å². The quantitative estimate of drug-likeness (QED) is 0.335. The zero-order valence-corrected chi connectivity index (χ0v) is 16.7. The Morgan fingerprint density at radius 3 is 2.56 bits per heavy atom. The molecule has 27 heavy (non-hydrogen) atoms. The molecule has 0 aliphatic rings. The molecule has 0 aliphatic heterocycles. The molecule has 0 aliphatic carbocycles. The smallest absolute Gasteiger partial charge is 0.326 e. The van der Waals surface area contributed by atoms with E-state index in [4.69, 9.17) is 5.73 Å². The topological polar surface area (TPSA) is 150 Å². The minimum absolute atomic E-state index is 0.0650. The second kappa shape index (κ2) is 11.6. The molecule has 0 fully saturated rings. The maximum absolute atomic E-state index is 12.7. The Bertz CT molecular complexity index is 610. The molecule has 1 aromatic rings. The second-order valence-corrected chi connectivity index (χ2v) is 7.43. The molecular formula is C17H29N5O4S. The average molecular weight is 400 g/mol. The van der Waals surface area contributed by atoms with Crippen molar-refractivity contribution >= 4 is 29.5 Å². The number of rotatable bonds is 12. The Morgan fingerprint density at radius 1 is 1.33 bits per heavy atom. The van der Waals surface area contributed by atoms with Crippen LogP contribution < -0.4 is 16.4 Å². The highest BCUT2D eigenvalue weighted by molar-refractivity contribution is 7.98. The summed E-state index contributed by atoms with van der Waals surface area (Å²) in [5, 5.41) is 14.6.